The molecule has 0 spiro atoms. The van der Waals surface area contributed by atoms with Gasteiger partial charge in [0.25, 0.3) is 0 Å². The summed E-state index contributed by atoms with van der Waals surface area (Å²) < 4.78 is 0. The highest BCUT2D eigenvalue weighted by atomic mass is 32.1. The van der Waals surface area contributed by atoms with Gasteiger partial charge in [-0.2, -0.15) is 0 Å². The van der Waals surface area contributed by atoms with Crippen LogP contribution < -0.4 is 5.73 Å². The average Bonchev–Trinajstić information content (AvgIpc) is 3.05. The van der Waals surface area contributed by atoms with Crippen molar-refractivity contribution in [3.63, 3.8) is 0 Å². The summed E-state index contributed by atoms with van der Waals surface area (Å²) >= 11 is 5.11. The van der Waals surface area contributed by atoms with Gasteiger partial charge in [-0.3, -0.25) is 4.90 Å². The fourth-order valence-corrected chi connectivity index (χ4v) is 3.56. The van der Waals surface area contributed by atoms with E-state index >= 15 is 0 Å². The molecule has 1 unspecified atom stereocenters. The van der Waals surface area contributed by atoms with Crippen molar-refractivity contribution in [2.75, 3.05) is 33.2 Å². The highest BCUT2D eigenvalue weighted by Gasteiger charge is 2.45. The molecule has 1 aliphatic carbocycles. The van der Waals surface area contributed by atoms with Crippen LogP contribution in [-0.2, 0) is 0 Å². The molecule has 4 heteroatoms. The van der Waals surface area contributed by atoms with E-state index in [-0.39, 0.29) is 0 Å². The molecule has 2 rings (SSSR count). The summed E-state index contributed by atoms with van der Waals surface area (Å²) in [6.45, 7) is 7.19. The van der Waals surface area contributed by atoms with Gasteiger partial charge in [-0.05, 0) is 51.2 Å². The second kappa shape index (κ2) is 5.85. The number of hydrogen-bond acceptors (Lipinski definition) is 3. The third kappa shape index (κ3) is 3.65. The summed E-state index contributed by atoms with van der Waals surface area (Å²) in [6, 6.07) is 0.710. The summed E-state index contributed by atoms with van der Waals surface area (Å²) in [7, 11) is 2.24. The Morgan fingerprint density at radius 3 is 2.67 bits per heavy atom. The summed E-state index contributed by atoms with van der Waals surface area (Å²) in [4.78, 5) is 5.88. The first-order chi connectivity index (χ1) is 8.54. The highest BCUT2D eigenvalue weighted by Crippen LogP contribution is 2.49. The topological polar surface area (TPSA) is 32.5 Å². The summed E-state index contributed by atoms with van der Waals surface area (Å²) in [6.07, 6.45) is 6.11. The van der Waals surface area contributed by atoms with Crippen LogP contribution in [0.5, 0.6) is 0 Å². The Balaban J connectivity index is 1.95. The van der Waals surface area contributed by atoms with Gasteiger partial charge in [0.1, 0.15) is 0 Å². The van der Waals surface area contributed by atoms with Crippen LogP contribution in [0.1, 0.15) is 39.0 Å². The van der Waals surface area contributed by atoms with Crippen molar-refractivity contribution in [2.45, 2.75) is 45.1 Å². The summed E-state index contributed by atoms with van der Waals surface area (Å²) in [5, 5.41) is 0. The molecule has 0 aromatic rings. The maximum Gasteiger partial charge on any atom is 0.0733 e. The van der Waals surface area contributed by atoms with Crippen LogP contribution in [0.4, 0.5) is 0 Å². The van der Waals surface area contributed by atoms with Gasteiger partial charge < -0.3 is 10.6 Å². The maximum absolute atomic E-state index is 5.75. The number of nitrogens with two attached hydrogens (primary N) is 1. The lowest BCUT2D eigenvalue weighted by Crippen LogP contribution is -2.43. The largest absolute Gasteiger partial charge is 0.393 e. The molecule has 1 aliphatic heterocycles. The molecular formula is C14H27N3S. The van der Waals surface area contributed by atoms with E-state index in [4.69, 9.17) is 18.0 Å². The molecule has 1 heterocycles. The van der Waals surface area contributed by atoms with Crippen molar-refractivity contribution in [3.05, 3.63) is 0 Å². The Bertz CT molecular complexity index is 301. The van der Waals surface area contributed by atoms with E-state index in [9.17, 15) is 0 Å². The molecule has 0 aromatic heterocycles. The molecule has 0 radical (unpaired) electrons. The number of hydrogen-bond donors (Lipinski definition) is 1. The van der Waals surface area contributed by atoms with Gasteiger partial charge in [0.15, 0.2) is 0 Å². The van der Waals surface area contributed by atoms with Crippen molar-refractivity contribution < 1.29 is 0 Å². The van der Waals surface area contributed by atoms with Crippen molar-refractivity contribution in [3.8, 4) is 0 Å². The summed E-state index contributed by atoms with van der Waals surface area (Å²) in [5.41, 5.74) is 6.18. The molecule has 18 heavy (non-hydrogen) atoms. The number of nitrogens with zero attached hydrogens (tertiary/aromatic N) is 2. The molecule has 1 saturated carbocycles. The van der Waals surface area contributed by atoms with Gasteiger partial charge in [-0.15, -0.1) is 0 Å². The molecule has 1 atom stereocenters. The lowest BCUT2D eigenvalue weighted by atomic mass is 10.00. The van der Waals surface area contributed by atoms with Crippen LogP contribution in [0.3, 0.4) is 0 Å². The molecule has 2 aliphatic rings. The normalized spacial score (nSPS) is 28.9. The number of thiocarbonyl (C=S) groups is 1. The summed E-state index contributed by atoms with van der Waals surface area (Å²) in [5.74, 6) is 0. The fraction of sp³-hybridized carbons (Fsp3) is 0.929. The highest BCUT2D eigenvalue weighted by molar-refractivity contribution is 7.80. The van der Waals surface area contributed by atoms with Crippen LogP contribution in [0.15, 0.2) is 0 Å². The van der Waals surface area contributed by atoms with E-state index in [0.717, 1.165) is 6.42 Å². The molecule has 104 valence electrons. The quantitative estimate of drug-likeness (QED) is 0.772. The van der Waals surface area contributed by atoms with Crippen LogP contribution in [0.25, 0.3) is 0 Å². The minimum Gasteiger partial charge on any atom is -0.393 e. The van der Waals surface area contributed by atoms with Gasteiger partial charge in [0, 0.05) is 25.6 Å². The zero-order chi connectivity index (χ0) is 13.2. The van der Waals surface area contributed by atoms with E-state index in [1.54, 1.807) is 0 Å². The van der Waals surface area contributed by atoms with Crippen LogP contribution in [0, 0.1) is 5.41 Å². The lowest BCUT2D eigenvalue weighted by molar-refractivity contribution is 0.152. The SMILES string of the molecule is CCC1CN(C)CCCN1CC1(CC(N)=S)CC1. The predicted octanol–water partition coefficient (Wildman–Crippen LogP) is 1.86. The zero-order valence-corrected chi connectivity index (χ0v) is 12.6. The second-order valence-corrected chi connectivity index (χ2v) is 6.82. The van der Waals surface area contributed by atoms with Crippen LogP contribution >= 0.6 is 12.2 Å². The first-order valence-corrected chi connectivity index (χ1v) is 7.66. The predicted molar refractivity (Wildman–Crippen MR) is 80.8 cm³/mol. The van der Waals surface area contributed by atoms with Crippen molar-refractivity contribution >= 4 is 17.2 Å². The maximum atomic E-state index is 5.75. The van der Waals surface area contributed by atoms with Crippen molar-refractivity contribution in [1.29, 1.82) is 0 Å². The molecule has 2 N–H and O–H groups in total. The van der Waals surface area contributed by atoms with Gasteiger partial charge in [0.2, 0.25) is 0 Å². The standard InChI is InChI=1S/C14H27N3S/c1-3-12-10-16(2)7-4-8-17(12)11-14(5-6-14)9-13(15)18/h12H,3-11H2,1-2H3,(H2,15,18). The Morgan fingerprint density at radius 1 is 1.39 bits per heavy atom. The third-order valence-electron chi connectivity index (χ3n) is 4.54. The minimum atomic E-state index is 0.433. The van der Waals surface area contributed by atoms with E-state index in [2.05, 4.69) is 23.8 Å². The van der Waals surface area contributed by atoms with Gasteiger partial charge in [-0.25, -0.2) is 0 Å². The van der Waals surface area contributed by atoms with Gasteiger partial charge in [-0.1, -0.05) is 19.1 Å². The Hall–Kier alpha value is -0.190. The Kier molecular flexibility index (Phi) is 4.62. The molecular weight excluding hydrogens is 242 g/mol. The first-order valence-electron chi connectivity index (χ1n) is 7.25. The van der Waals surface area contributed by atoms with E-state index < -0.39 is 0 Å². The van der Waals surface area contributed by atoms with E-state index in [0.29, 0.717) is 16.4 Å². The van der Waals surface area contributed by atoms with Crippen molar-refractivity contribution in [2.24, 2.45) is 11.1 Å². The monoisotopic (exact) mass is 269 g/mol. The Labute approximate surface area is 117 Å². The first kappa shape index (κ1) is 14.2. The number of likely N-dealkylation sites (N-methyl/N-ethyl adjacent to an activating group) is 1. The van der Waals surface area contributed by atoms with Gasteiger partial charge >= 0.3 is 0 Å². The van der Waals surface area contributed by atoms with E-state index in [1.807, 2.05) is 0 Å². The van der Waals surface area contributed by atoms with Crippen LogP contribution in [0.2, 0.25) is 0 Å². The number of rotatable bonds is 5. The second-order valence-electron chi connectivity index (χ2n) is 6.29. The van der Waals surface area contributed by atoms with Gasteiger partial charge in [0.05, 0.1) is 4.99 Å². The molecule has 0 amide bonds. The van der Waals surface area contributed by atoms with Crippen LogP contribution in [-0.4, -0.2) is 54.1 Å². The average molecular weight is 269 g/mol. The molecule has 0 aromatic carbocycles. The lowest BCUT2D eigenvalue weighted by Gasteiger charge is -2.33. The van der Waals surface area contributed by atoms with E-state index in [1.165, 1.54) is 51.9 Å². The molecule has 1 saturated heterocycles. The molecule has 3 nitrogen and oxygen atoms in total. The third-order valence-corrected chi connectivity index (χ3v) is 4.68. The Morgan fingerprint density at radius 2 is 2.11 bits per heavy atom. The smallest absolute Gasteiger partial charge is 0.0733 e. The minimum absolute atomic E-state index is 0.433. The molecule has 0 bridgehead atoms. The van der Waals surface area contributed by atoms with Crippen molar-refractivity contribution in [1.82, 2.24) is 9.80 Å². The fourth-order valence-electron chi connectivity index (χ4n) is 3.26. The zero-order valence-electron chi connectivity index (χ0n) is 11.8. The molecule has 2 fully saturated rings.